The van der Waals surface area contributed by atoms with Gasteiger partial charge in [0.25, 0.3) is 0 Å². The van der Waals surface area contributed by atoms with Crippen molar-refractivity contribution in [1.29, 1.82) is 0 Å². The summed E-state index contributed by atoms with van der Waals surface area (Å²) in [6.45, 7) is 10.4. The van der Waals surface area contributed by atoms with Gasteiger partial charge in [-0.15, -0.1) is 0 Å². The second kappa shape index (κ2) is 8.17. The maximum Gasteiger partial charge on any atom is 0.410 e. The molecule has 0 aromatic heterocycles. The molecule has 3 unspecified atom stereocenters. The Morgan fingerprint density at radius 2 is 2.08 bits per heavy atom. The number of halogens is 1. The zero-order chi connectivity index (χ0) is 18.6. The van der Waals surface area contributed by atoms with Gasteiger partial charge in [0.15, 0.2) is 0 Å². The van der Waals surface area contributed by atoms with Gasteiger partial charge in [0.1, 0.15) is 11.4 Å². The summed E-state index contributed by atoms with van der Waals surface area (Å²) in [4.78, 5) is 14.3. The fourth-order valence-corrected chi connectivity index (χ4v) is 3.39. The fraction of sp³-hybridized carbons (Fsp3) is 0.650. The monoisotopic (exact) mass is 350 g/mol. The second-order valence-corrected chi connectivity index (χ2v) is 7.81. The Labute approximate surface area is 150 Å². The van der Waals surface area contributed by atoms with Gasteiger partial charge in [0, 0.05) is 30.2 Å². The predicted octanol–water partition coefficient (Wildman–Crippen LogP) is 4.65. The van der Waals surface area contributed by atoms with E-state index in [-0.39, 0.29) is 30.0 Å². The Morgan fingerprint density at radius 1 is 1.40 bits per heavy atom. The lowest BCUT2D eigenvalue weighted by Crippen LogP contribution is -2.55. The second-order valence-electron chi connectivity index (χ2n) is 7.81. The topological polar surface area (TPSA) is 41.6 Å². The third kappa shape index (κ3) is 5.18. The Kier molecular flexibility index (Phi) is 6.44. The van der Waals surface area contributed by atoms with Gasteiger partial charge in [0.2, 0.25) is 0 Å². The lowest BCUT2D eigenvalue weighted by Gasteiger charge is -2.41. The summed E-state index contributed by atoms with van der Waals surface area (Å²) in [5.74, 6) is -0.186. The Hall–Kier alpha value is -1.62. The van der Waals surface area contributed by atoms with Gasteiger partial charge in [-0.1, -0.05) is 25.1 Å². The number of hydrogen-bond donors (Lipinski definition) is 1. The van der Waals surface area contributed by atoms with Crippen molar-refractivity contribution in [2.45, 2.75) is 77.6 Å². The molecule has 1 saturated heterocycles. The number of nitrogens with one attached hydrogen (secondary N) is 1. The van der Waals surface area contributed by atoms with E-state index in [1.807, 2.05) is 46.8 Å². The standard InChI is InChI=1S/C20H31FN2O2/c1-6-17(15-10-7-8-11-16(15)21)22-18-12-9-13-23(14(18)2)19(24)25-20(3,4)5/h7-8,10-11,14,17-18,22H,6,9,12-13H2,1-5H3. The lowest BCUT2D eigenvalue weighted by molar-refractivity contribution is 0.00623. The number of piperidine rings is 1. The quantitative estimate of drug-likeness (QED) is 0.859. The van der Waals surface area contributed by atoms with Gasteiger partial charge in [-0.25, -0.2) is 9.18 Å². The van der Waals surface area contributed by atoms with E-state index in [1.54, 1.807) is 11.0 Å². The van der Waals surface area contributed by atoms with E-state index >= 15 is 0 Å². The fourth-order valence-electron chi connectivity index (χ4n) is 3.39. The Bertz CT molecular complexity index is 585. The van der Waals surface area contributed by atoms with Crippen molar-refractivity contribution in [3.63, 3.8) is 0 Å². The van der Waals surface area contributed by atoms with Crippen LogP contribution >= 0.6 is 0 Å². The first-order valence-electron chi connectivity index (χ1n) is 9.23. The van der Waals surface area contributed by atoms with E-state index in [1.165, 1.54) is 6.07 Å². The first-order chi connectivity index (χ1) is 11.7. The highest BCUT2D eigenvalue weighted by atomic mass is 19.1. The zero-order valence-electron chi connectivity index (χ0n) is 16.0. The normalized spacial score (nSPS) is 22.6. The lowest BCUT2D eigenvalue weighted by atomic mass is 9.94. The molecule has 4 nitrogen and oxygen atoms in total. The van der Waals surface area contributed by atoms with E-state index in [0.29, 0.717) is 12.1 Å². The highest BCUT2D eigenvalue weighted by molar-refractivity contribution is 5.68. The van der Waals surface area contributed by atoms with Crippen molar-refractivity contribution >= 4 is 6.09 Å². The summed E-state index contributed by atoms with van der Waals surface area (Å²) in [6.07, 6.45) is 2.39. The minimum absolute atomic E-state index is 0.00410. The van der Waals surface area contributed by atoms with Crippen molar-refractivity contribution in [2.75, 3.05) is 6.54 Å². The van der Waals surface area contributed by atoms with Gasteiger partial charge < -0.3 is 15.0 Å². The summed E-state index contributed by atoms with van der Waals surface area (Å²) in [6, 6.07) is 6.95. The van der Waals surface area contributed by atoms with Crippen LogP contribution in [0.3, 0.4) is 0 Å². The van der Waals surface area contributed by atoms with Crippen molar-refractivity contribution in [2.24, 2.45) is 0 Å². The molecule has 1 aliphatic heterocycles. The van der Waals surface area contributed by atoms with Crippen molar-refractivity contribution in [3.05, 3.63) is 35.6 Å². The maximum atomic E-state index is 14.1. The van der Waals surface area contributed by atoms with E-state index in [9.17, 15) is 9.18 Å². The number of rotatable bonds is 4. The molecule has 0 saturated carbocycles. The SMILES string of the molecule is CCC(NC1CCCN(C(=O)OC(C)(C)C)C1C)c1ccccc1F. The first-order valence-corrected chi connectivity index (χ1v) is 9.23. The largest absolute Gasteiger partial charge is 0.444 e. The molecule has 0 bridgehead atoms. The summed E-state index contributed by atoms with van der Waals surface area (Å²) in [7, 11) is 0. The average molecular weight is 350 g/mol. The molecule has 5 heteroatoms. The molecule has 3 atom stereocenters. The van der Waals surface area contributed by atoms with Gasteiger partial charge >= 0.3 is 6.09 Å². The molecule has 25 heavy (non-hydrogen) atoms. The van der Waals surface area contributed by atoms with Crippen molar-refractivity contribution < 1.29 is 13.9 Å². The van der Waals surface area contributed by atoms with E-state index in [0.717, 1.165) is 19.3 Å². The first kappa shape index (κ1) is 19.7. The minimum Gasteiger partial charge on any atom is -0.444 e. The van der Waals surface area contributed by atoms with E-state index in [2.05, 4.69) is 5.32 Å². The molecule has 1 aromatic rings. The zero-order valence-corrected chi connectivity index (χ0v) is 16.0. The Morgan fingerprint density at radius 3 is 2.68 bits per heavy atom. The predicted molar refractivity (Wildman–Crippen MR) is 98.0 cm³/mol. The van der Waals surface area contributed by atoms with Crippen LogP contribution in [0.25, 0.3) is 0 Å². The van der Waals surface area contributed by atoms with E-state index in [4.69, 9.17) is 4.74 Å². The van der Waals surface area contributed by atoms with Crippen molar-refractivity contribution in [3.8, 4) is 0 Å². The van der Waals surface area contributed by atoms with Gasteiger partial charge in [-0.3, -0.25) is 0 Å². The molecule has 0 aliphatic carbocycles. The molecule has 0 spiro atoms. The van der Waals surface area contributed by atoms with Crippen LogP contribution in [0.4, 0.5) is 9.18 Å². The average Bonchev–Trinajstić information content (AvgIpc) is 2.53. The molecule has 1 aromatic carbocycles. The number of nitrogens with zero attached hydrogens (tertiary/aromatic N) is 1. The number of benzene rings is 1. The van der Waals surface area contributed by atoms with Crippen LogP contribution in [0.1, 0.15) is 65.5 Å². The molecule has 2 rings (SSSR count). The Balaban J connectivity index is 2.08. The molecule has 1 N–H and O–H groups in total. The third-order valence-electron chi connectivity index (χ3n) is 4.72. The number of carbonyl (C=O) groups excluding carboxylic acids is 1. The molecule has 140 valence electrons. The molecular formula is C20H31FN2O2. The maximum absolute atomic E-state index is 14.1. The van der Waals surface area contributed by atoms with Crippen LogP contribution in [0.2, 0.25) is 0 Å². The summed E-state index contributed by atoms with van der Waals surface area (Å²) >= 11 is 0. The van der Waals surface area contributed by atoms with Crippen LogP contribution in [0.5, 0.6) is 0 Å². The number of amides is 1. The highest BCUT2D eigenvalue weighted by Crippen LogP contribution is 2.26. The van der Waals surface area contributed by atoms with Crippen LogP contribution in [0, 0.1) is 5.82 Å². The van der Waals surface area contributed by atoms with Crippen LogP contribution < -0.4 is 5.32 Å². The molecular weight excluding hydrogens is 319 g/mol. The number of likely N-dealkylation sites (tertiary alicyclic amines) is 1. The molecule has 1 amide bonds. The summed E-state index contributed by atoms with van der Waals surface area (Å²) in [5.41, 5.74) is 0.183. The van der Waals surface area contributed by atoms with Crippen LogP contribution in [-0.2, 0) is 4.74 Å². The minimum atomic E-state index is -0.504. The smallest absolute Gasteiger partial charge is 0.410 e. The molecule has 1 fully saturated rings. The highest BCUT2D eigenvalue weighted by Gasteiger charge is 2.34. The molecule has 1 heterocycles. The molecule has 1 aliphatic rings. The number of hydrogen-bond acceptors (Lipinski definition) is 3. The third-order valence-corrected chi connectivity index (χ3v) is 4.72. The molecule has 0 radical (unpaired) electrons. The van der Waals surface area contributed by atoms with Gasteiger partial charge in [-0.05, 0) is 53.0 Å². The summed E-state index contributed by atoms with van der Waals surface area (Å²) in [5, 5.41) is 3.57. The van der Waals surface area contributed by atoms with Crippen LogP contribution in [0.15, 0.2) is 24.3 Å². The van der Waals surface area contributed by atoms with Crippen LogP contribution in [-0.4, -0.2) is 35.2 Å². The van der Waals surface area contributed by atoms with Gasteiger partial charge in [-0.2, -0.15) is 0 Å². The number of carbonyl (C=O) groups is 1. The van der Waals surface area contributed by atoms with Crippen molar-refractivity contribution in [1.82, 2.24) is 10.2 Å². The van der Waals surface area contributed by atoms with E-state index < -0.39 is 5.60 Å². The summed E-state index contributed by atoms with van der Waals surface area (Å²) < 4.78 is 19.7. The van der Waals surface area contributed by atoms with Gasteiger partial charge in [0.05, 0.1) is 0 Å². The number of ether oxygens (including phenoxy) is 1.